The number of benzene rings is 1. The molecule has 1 heterocycles. The van der Waals surface area contributed by atoms with Crippen molar-refractivity contribution in [2.75, 3.05) is 38.2 Å². The lowest BCUT2D eigenvalue weighted by atomic mass is 9.91. The van der Waals surface area contributed by atoms with Crippen LogP contribution in [0.25, 0.3) is 5.57 Å². The Morgan fingerprint density at radius 1 is 1.19 bits per heavy atom. The molecule has 27 heavy (non-hydrogen) atoms. The highest BCUT2D eigenvalue weighted by Crippen LogP contribution is 2.33. The molecule has 7 heteroatoms. The maximum Gasteiger partial charge on any atom is 0.471 e. The van der Waals surface area contributed by atoms with Crippen LogP contribution < -0.4 is 5.32 Å². The number of halogens is 3. The number of hydrogen-bond acceptors (Lipinski definition) is 3. The fraction of sp³-hybridized carbons (Fsp3) is 0.550. The molecule has 1 aromatic carbocycles. The fourth-order valence-electron chi connectivity index (χ4n) is 3.51. The Hall–Kier alpha value is -1.86. The Morgan fingerprint density at radius 2 is 1.96 bits per heavy atom. The largest absolute Gasteiger partial charge is 0.471 e. The van der Waals surface area contributed by atoms with Gasteiger partial charge in [0.05, 0.1) is 13.2 Å². The van der Waals surface area contributed by atoms with Crippen LogP contribution >= 0.6 is 0 Å². The zero-order valence-corrected chi connectivity index (χ0v) is 15.3. The second-order valence-corrected chi connectivity index (χ2v) is 7.01. The number of anilines is 1. The van der Waals surface area contributed by atoms with E-state index in [0.717, 1.165) is 76.1 Å². The topological polar surface area (TPSA) is 41.6 Å². The van der Waals surface area contributed by atoms with Gasteiger partial charge in [-0.15, -0.1) is 0 Å². The summed E-state index contributed by atoms with van der Waals surface area (Å²) in [7, 11) is 0. The molecule has 1 N–H and O–H groups in total. The van der Waals surface area contributed by atoms with Crippen molar-refractivity contribution in [2.24, 2.45) is 0 Å². The highest BCUT2D eigenvalue weighted by atomic mass is 19.4. The van der Waals surface area contributed by atoms with Crippen LogP contribution in [0.4, 0.5) is 18.9 Å². The average Bonchev–Trinajstić information content (AvgIpc) is 2.68. The van der Waals surface area contributed by atoms with Crippen LogP contribution in [-0.4, -0.2) is 49.8 Å². The van der Waals surface area contributed by atoms with Gasteiger partial charge in [-0.1, -0.05) is 12.1 Å². The predicted octanol–water partition coefficient (Wildman–Crippen LogP) is 4.02. The summed E-state index contributed by atoms with van der Waals surface area (Å²) in [6.45, 7) is 4.16. The van der Waals surface area contributed by atoms with Gasteiger partial charge in [0.2, 0.25) is 0 Å². The van der Waals surface area contributed by atoms with E-state index in [-0.39, 0.29) is 5.69 Å². The van der Waals surface area contributed by atoms with E-state index in [1.807, 2.05) is 11.4 Å². The zero-order chi connectivity index (χ0) is 19.3. The molecule has 0 unspecified atom stereocenters. The van der Waals surface area contributed by atoms with Gasteiger partial charge in [-0.25, -0.2) is 0 Å². The average molecular weight is 382 g/mol. The summed E-state index contributed by atoms with van der Waals surface area (Å²) in [4.78, 5) is 13.7. The first kappa shape index (κ1) is 19.9. The number of nitrogens with zero attached hydrogens (tertiary/aromatic N) is 1. The molecule has 4 nitrogen and oxygen atoms in total. The molecule has 1 aliphatic carbocycles. The molecule has 0 bridgehead atoms. The molecular weight excluding hydrogens is 357 g/mol. The lowest BCUT2D eigenvalue weighted by molar-refractivity contribution is -0.167. The highest BCUT2D eigenvalue weighted by Gasteiger charge is 2.39. The van der Waals surface area contributed by atoms with Gasteiger partial charge in [-0.2, -0.15) is 13.2 Å². The van der Waals surface area contributed by atoms with E-state index in [1.54, 1.807) is 12.1 Å². The van der Waals surface area contributed by atoms with Gasteiger partial charge in [0.15, 0.2) is 0 Å². The third kappa shape index (κ3) is 5.56. The molecular formula is C20H25F3N2O2. The van der Waals surface area contributed by atoms with Crippen LogP contribution in [0.3, 0.4) is 0 Å². The summed E-state index contributed by atoms with van der Waals surface area (Å²) in [6, 6.07) is 5.34. The molecule has 0 spiro atoms. The normalized spacial score (nSPS) is 18.9. The Balaban J connectivity index is 1.78. The first-order valence-corrected chi connectivity index (χ1v) is 9.44. The van der Waals surface area contributed by atoms with Crippen molar-refractivity contribution in [3.05, 3.63) is 35.4 Å². The van der Waals surface area contributed by atoms with E-state index in [9.17, 15) is 18.0 Å². The van der Waals surface area contributed by atoms with Crippen LogP contribution in [-0.2, 0) is 16.0 Å². The minimum absolute atomic E-state index is 0.237. The lowest BCUT2D eigenvalue weighted by Gasteiger charge is -2.26. The molecule has 0 radical (unpaired) electrons. The predicted molar refractivity (Wildman–Crippen MR) is 98.5 cm³/mol. The first-order valence-electron chi connectivity index (χ1n) is 9.44. The van der Waals surface area contributed by atoms with Crippen LogP contribution in [0.5, 0.6) is 0 Å². The van der Waals surface area contributed by atoms with Crippen molar-refractivity contribution in [1.82, 2.24) is 4.90 Å². The van der Waals surface area contributed by atoms with E-state index in [2.05, 4.69) is 11.0 Å². The highest BCUT2D eigenvalue weighted by molar-refractivity contribution is 5.97. The smallest absolute Gasteiger partial charge is 0.379 e. The van der Waals surface area contributed by atoms with E-state index in [1.165, 1.54) is 0 Å². The lowest BCUT2D eigenvalue weighted by Crippen LogP contribution is -2.37. The minimum Gasteiger partial charge on any atom is -0.379 e. The number of allylic oxidation sites excluding steroid dienone is 2. The number of alkyl halides is 3. The van der Waals surface area contributed by atoms with Gasteiger partial charge in [0.25, 0.3) is 0 Å². The summed E-state index contributed by atoms with van der Waals surface area (Å²) >= 11 is 0. The molecule has 2 aliphatic rings. The third-order valence-electron chi connectivity index (χ3n) is 5.05. The first-order chi connectivity index (χ1) is 12.9. The van der Waals surface area contributed by atoms with Crippen molar-refractivity contribution in [3.8, 4) is 0 Å². The maximum absolute atomic E-state index is 12.7. The molecule has 1 aromatic rings. The Labute approximate surface area is 157 Å². The second-order valence-electron chi connectivity index (χ2n) is 7.01. The molecule has 148 valence electrons. The molecule has 0 atom stereocenters. The number of morpholine rings is 1. The molecule has 0 saturated carbocycles. The van der Waals surface area contributed by atoms with Crippen LogP contribution in [0, 0.1) is 0 Å². The molecule has 0 aromatic heterocycles. The van der Waals surface area contributed by atoms with Gasteiger partial charge < -0.3 is 10.1 Å². The SMILES string of the molecule is O=C(Nc1ccc(CCN2CCOCC2)cc1C1=CCCCC1)C(F)(F)F. The number of nitrogens with one attached hydrogen (secondary N) is 1. The fourth-order valence-corrected chi connectivity index (χ4v) is 3.51. The van der Waals surface area contributed by atoms with Gasteiger partial charge in [0, 0.05) is 30.9 Å². The van der Waals surface area contributed by atoms with Gasteiger partial charge >= 0.3 is 12.1 Å². The molecule has 1 aliphatic heterocycles. The number of hydrogen-bond donors (Lipinski definition) is 1. The number of amides is 1. The third-order valence-corrected chi connectivity index (χ3v) is 5.05. The summed E-state index contributed by atoms with van der Waals surface area (Å²) in [6.07, 6.45) is 1.83. The summed E-state index contributed by atoms with van der Waals surface area (Å²) < 4.78 is 43.4. The Kier molecular flexibility index (Phi) is 6.55. The number of carbonyl (C=O) groups excluding carboxylic acids is 1. The molecule has 1 amide bonds. The second kappa shape index (κ2) is 8.89. The Bertz CT molecular complexity index is 695. The van der Waals surface area contributed by atoms with E-state index in [4.69, 9.17) is 4.74 Å². The molecule has 1 saturated heterocycles. The van der Waals surface area contributed by atoms with Crippen LogP contribution in [0.2, 0.25) is 0 Å². The maximum atomic E-state index is 12.7. The zero-order valence-electron chi connectivity index (χ0n) is 15.3. The monoisotopic (exact) mass is 382 g/mol. The summed E-state index contributed by atoms with van der Waals surface area (Å²) in [5.41, 5.74) is 3.03. The van der Waals surface area contributed by atoms with Gasteiger partial charge in [-0.3, -0.25) is 9.69 Å². The number of carbonyl (C=O) groups is 1. The minimum atomic E-state index is -4.90. The molecule has 3 rings (SSSR count). The van der Waals surface area contributed by atoms with Crippen molar-refractivity contribution in [3.63, 3.8) is 0 Å². The van der Waals surface area contributed by atoms with E-state index >= 15 is 0 Å². The number of rotatable bonds is 5. The van der Waals surface area contributed by atoms with Crippen LogP contribution in [0.15, 0.2) is 24.3 Å². The number of ether oxygens (including phenoxy) is 1. The standard InChI is InChI=1S/C20H25F3N2O2/c21-20(22,23)19(26)24-18-7-6-15(8-9-25-10-12-27-13-11-25)14-17(18)16-4-2-1-3-5-16/h4,6-7,14H,1-3,5,8-13H2,(H,24,26). The van der Waals surface area contributed by atoms with Crippen molar-refractivity contribution in [2.45, 2.75) is 38.3 Å². The van der Waals surface area contributed by atoms with E-state index in [0.29, 0.717) is 5.56 Å². The van der Waals surface area contributed by atoms with Gasteiger partial charge in [0.1, 0.15) is 0 Å². The van der Waals surface area contributed by atoms with Crippen molar-refractivity contribution in [1.29, 1.82) is 0 Å². The van der Waals surface area contributed by atoms with Crippen molar-refractivity contribution < 1.29 is 22.7 Å². The summed E-state index contributed by atoms with van der Waals surface area (Å²) in [5.74, 6) is -1.93. The molecule has 1 fully saturated rings. The van der Waals surface area contributed by atoms with E-state index < -0.39 is 12.1 Å². The van der Waals surface area contributed by atoms with Crippen LogP contribution in [0.1, 0.15) is 36.8 Å². The Morgan fingerprint density at radius 3 is 2.63 bits per heavy atom. The van der Waals surface area contributed by atoms with Gasteiger partial charge in [-0.05, 0) is 55.4 Å². The summed E-state index contributed by atoms with van der Waals surface area (Å²) in [5, 5.41) is 2.05. The van der Waals surface area contributed by atoms with Crippen molar-refractivity contribution >= 4 is 17.2 Å². The quantitative estimate of drug-likeness (QED) is 0.836.